The fraction of sp³-hybridized carbons (Fsp3) is 0.286. The topological polar surface area (TPSA) is 63.3 Å². The van der Waals surface area contributed by atoms with E-state index in [1.54, 1.807) is 0 Å². The zero-order valence-corrected chi connectivity index (χ0v) is 6.30. The second-order valence-electron chi connectivity index (χ2n) is 2.62. The van der Waals surface area contributed by atoms with Crippen molar-refractivity contribution in [1.29, 1.82) is 0 Å². The molecule has 72 valence electrons. The number of rotatable bonds is 1. The number of carboxylic acid groups (broad SMARTS) is 1. The number of aliphatic carboxylic acids is 1. The monoisotopic (exact) mass is 193 g/mol. The van der Waals surface area contributed by atoms with Crippen molar-refractivity contribution in [2.75, 3.05) is 0 Å². The maximum atomic E-state index is 12.9. The van der Waals surface area contributed by atoms with E-state index in [9.17, 15) is 18.0 Å². The van der Waals surface area contributed by atoms with Gasteiger partial charge >= 0.3 is 5.97 Å². The van der Waals surface area contributed by atoms with Crippen LogP contribution in [0.4, 0.5) is 13.2 Å². The molecule has 0 bridgehead atoms. The van der Waals surface area contributed by atoms with Crippen LogP contribution in [-0.2, 0) is 4.79 Å². The number of carbonyl (C=O) groups is 1. The zero-order chi connectivity index (χ0) is 10.2. The Morgan fingerprint density at radius 1 is 1.62 bits per heavy atom. The van der Waals surface area contributed by atoms with E-state index in [0.29, 0.717) is 6.08 Å². The lowest BCUT2D eigenvalue weighted by Crippen LogP contribution is -2.36. The number of hydrogen-bond donors (Lipinski definition) is 2. The van der Waals surface area contributed by atoms with Gasteiger partial charge in [0.25, 0.3) is 0 Å². The molecule has 0 aromatic carbocycles. The van der Waals surface area contributed by atoms with Gasteiger partial charge in [-0.2, -0.15) is 0 Å². The van der Waals surface area contributed by atoms with Crippen LogP contribution in [0.25, 0.3) is 0 Å². The normalized spacial score (nSPS) is 33.7. The van der Waals surface area contributed by atoms with Gasteiger partial charge in [0, 0.05) is 6.08 Å². The SMILES string of the molecule is NC1(F)C=C(F)C(F)C(C(=O)O)=C1. The molecule has 2 atom stereocenters. The molecule has 0 heterocycles. The number of halogens is 3. The van der Waals surface area contributed by atoms with E-state index in [1.165, 1.54) is 0 Å². The minimum Gasteiger partial charge on any atom is -0.478 e. The maximum absolute atomic E-state index is 12.9. The molecule has 0 aliphatic heterocycles. The predicted molar refractivity (Wildman–Crippen MR) is 37.8 cm³/mol. The van der Waals surface area contributed by atoms with Crippen LogP contribution in [0.2, 0.25) is 0 Å². The molecule has 1 rings (SSSR count). The van der Waals surface area contributed by atoms with Crippen LogP contribution < -0.4 is 5.73 Å². The van der Waals surface area contributed by atoms with Crippen molar-refractivity contribution >= 4 is 5.97 Å². The Bertz CT molecular complexity index is 309. The molecule has 2 unspecified atom stereocenters. The third-order valence-electron chi connectivity index (χ3n) is 1.50. The van der Waals surface area contributed by atoms with Gasteiger partial charge in [-0.25, -0.2) is 18.0 Å². The Morgan fingerprint density at radius 3 is 2.62 bits per heavy atom. The molecular weight excluding hydrogens is 187 g/mol. The van der Waals surface area contributed by atoms with Crippen molar-refractivity contribution in [1.82, 2.24) is 0 Å². The molecule has 0 aromatic heterocycles. The maximum Gasteiger partial charge on any atom is 0.334 e. The lowest BCUT2D eigenvalue weighted by molar-refractivity contribution is -0.133. The van der Waals surface area contributed by atoms with E-state index < -0.39 is 29.3 Å². The summed E-state index contributed by atoms with van der Waals surface area (Å²) in [6, 6.07) is 0. The van der Waals surface area contributed by atoms with Gasteiger partial charge in [0.05, 0.1) is 5.57 Å². The smallest absolute Gasteiger partial charge is 0.334 e. The van der Waals surface area contributed by atoms with Gasteiger partial charge in [-0.15, -0.1) is 0 Å². The fourth-order valence-corrected chi connectivity index (χ4v) is 0.956. The van der Waals surface area contributed by atoms with E-state index in [-0.39, 0.29) is 6.08 Å². The molecule has 3 N–H and O–H groups in total. The Morgan fingerprint density at radius 2 is 2.15 bits per heavy atom. The summed E-state index contributed by atoms with van der Waals surface area (Å²) in [6.07, 6.45) is -1.90. The lowest BCUT2D eigenvalue weighted by Gasteiger charge is -2.20. The first kappa shape index (κ1) is 9.79. The van der Waals surface area contributed by atoms with Crippen LogP contribution in [0.3, 0.4) is 0 Å². The Labute approximate surface area is 71.3 Å². The van der Waals surface area contributed by atoms with E-state index in [0.717, 1.165) is 0 Å². The highest BCUT2D eigenvalue weighted by molar-refractivity contribution is 5.89. The number of hydrogen-bond acceptors (Lipinski definition) is 2. The van der Waals surface area contributed by atoms with E-state index in [4.69, 9.17) is 10.8 Å². The van der Waals surface area contributed by atoms with E-state index in [2.05, 4.69) is 0 Å². The first-order valence-corrected chi connectivity index (χ1v) is 3.29. The molecule has 0 saturated carbocycles. The first-order chi connectivity index (χ1) is 5.83. The third kappa shape index (κ3) is 1.89. The minimum atomic E-state index is -2.74. The molecule has 0 amide bonds. The van der Waals surface area contributed by atoms with Crippen molar-refractivity contribution in [3.05, 3.63) is 23.6 Å². The zero-order valence-electron chi connectivity index (χ0n) is 6.30. The standard InChI is InChI=1S/C7H6F3NO2/c8-4-2-7(10,11)1-3(5(4)9)6(12)13/h1-2,5H,11H2,(H,12,13). The molecule has 0 aromatic rings. The lowest BCUT2D eigenvalue weighted by atomic mass is 9.99. The van der Waals surface area contributed by atoms with Crippen molar-refractivity contribution in [2.45, 2.75) is 12.0 Å². The summed E-state index contributed by atoms with van der Waals surface area (Å²) in [5.74, 6) is -5.99. The number of carboxylic acids is 1. The molecule has 13 heavy (non-hydrogen) atoms. The van der Waals surface area contributed by atoms with E-state index in [1.807, 2.05) is 0 Å². The quantitative estimate of drug-likeness (QED) is 0.606. The van der Waals surface area contributed by atoms with Crippen LogP contribution in [-0.4, -0.2) is 23.0 Å². The summed E-state index contributed by atoms with van der Waals surface area (Å²) >= 11 is 0. The highest BCUT2D eigenvalue weighted by atomic mass is 19.2. The van der Waals surface area contributed by atoms with Gasteiger partial charge in [-0.05, 0) is 6.08 Å². The largest absolute Gasteiger partial charge is 0.478 e. The molecule has 0 saturated heterocycles. The highest BCUT2D eigenvalue weighted by Crippen LogP contribution is 2.28. The summed E-state index contributed by atoms with van der Waals surface area (Å²) in [5.41, 5.74) is 3.75. The molecule has 0 spiro atoms. The van der Waals surface area contributed by atoms with Crippen LogP contribution in [0.1, 0.15) is 0 Å². The van der Waals surface area contributed by atoms with Crippen molar-refractivity contribution in [3.8, 4) is 0 Å². The summed E-state index contributed by atoms with van der Waals surface area (Å²) in [5, 5.41) is 8.33. The number of allylic oxidation sites excluding steroid dienone is 1. The molecule has 0 radical (unpaired) electrons. The predicted octanol–water partition coefficient (Wildman–Crippen LogP) is 0.827. The first-order valence-electron chi connectivity index (χ1n) is 3.29. The van der Waals surface area contributed by atoms with Crippen LogP contribution in [0, 0.1) is 0 Å². The van der Waals surface area contributed by atoms with Crippen LogP contribution in [0.5, 0.6) is 0 Å². The van der Waals surface area contributed by atoms with Crippen molar-refractivity contribution in [2.24, 2.45) is 5.73 Å². The van der Waals surface area contributed by atoms with Gasteiger partial charge < -0.3 is 5.11 Å². The molecule has 6 heteroatoms. The fourth-order valence-electron chi connectivity index (χ4n) is 0.956. The highest BCUT2D eigenvalue weighted by Gasteiger charge is 2.35. The molecular formula is C7H6F3NO2. The van der Waals surface area contributed by atoms with Crippen molar-refractivity contribution in [3.63, 3.8) is 0 Å². The van der Waals surface area contributed by atoms with Crippen LogP contribution >= 0.6 is 0 Å². The van der Waals surface area contributed by atoms with Gasteiger partial charge in [-0.3, -0.25) is 5.73 Å². The average molecular weight is 193 g/mol. The Balaban J connectivity index is 3.10. The van der Waals surface area contributed by atoms with Gasteiger partial charge in [0.1, 0.15) is 5.83 Å². The minimum absolute atomic E-state index is 0.199. The number of alkyl halides is 2. The average Bonchev–Trinajstić information content (AvgIpc) is 1.95. The Hall–Kier alpha value is -1.30. The number of nitrogens with two attached hydrogens (primary N) is 1. The van der Waals surface area contributed by atoms with Crippen LogP contribution in [0.15, 0.2) is 23.6 Å². The second kappa shape index (κ2) is 2.88. The van der Waals surface area contributed by atoms with Gasteiger partial charge in [0.2, 0.25) is 5.79 Å². The molecule has 1 aliphatic rings. The summed E-state index contributed by atoms with van der Waals surface area (Å²) in [4.78, 5) is 10.3. The summed E-state index contributed by atoms with van der Waals surface area (Å²) in [6.45, 7) is 0. The molecule has 1 aliphatic carbocycles. The van der Waals surface area contributed by atoms with Crippen molar-refractivity contribution < 1.29 is 23.1 Å². The summed E-state index contributed by atoms with van der Waals surface area (Å²) in [7, 11) is 0. The van der Waals surface area contributed by atoms with Gasteiger partial charge in [0.15, 0.2) is 6.17 Å². The summed E-state index contributed by atoms with van der Waals surface area (Å²) < 4.78 is 38.1. The molecule has 0 fully saturated rings. The second-order valence-corrected chi connectivity index (χ2v) is 2.62. The molecule has 3 nitrogen and oxygen atoms in total. The Kier molecular flexibility index (Phi) is 2.17. The van der Waals surface area contributed by atoms with E-state index >= 15 is 0 Å². The van der Waals surface area contributed by atoms with Gasteiger partial charge in [-0.1, -0.05) is 0 Å². The third-order valence-corrected chi connectivity index (χ3v) is 1.50.